The van der Waals surface area contributed by atoms with E-state index in [1.165, 1.54) is 16.3 Å². The third-order valence-electron chi connectivity index (χ3n) is 3.37. The Labute approximate surface area is 123 Å². The van der Waals surface area contributed by atoms with E-state index in [0.717, 1.165) is 18.7 Å². The zero-order valence-electron chi connectivity index (χ0n) is 11.0. The van der Waals surface area contributed by atoms with Crippen LogP contribution in [-0.2, 0) is 13.1 Å². The molecule has 0 saturated carbocycles. The molecule has 0 unspecified atom stereocenters. The number of benzene rings is 2. The lowest BCUT2D eigenvalue weighted by Crippen LogP contribution is -2.13. The van der Waals surface area contributed by atoms with Crippen LogP contribution in [0.25, 0.3) is 10.8 Å². The molecule has 0 radical (unpaired) electrons. The molecule has 3 aromatic rings. The van der Waals surface area contributed by atoms with E-state index < -0.39 is 0 Å². The molecule has 3 rings (SSSR count). The Morgan fingerprint density at radius 2 is 1.70 bits per heavy atom. The summed E-state index contributed by atoms with van der Waals surface area (Å²) in [4.78, 5) is 3.99. The van der Waals surface area contributed by atoms with Crippen LogP contribution in [0.4, 0.5) is 0 Å². The van der Waals surface area contributed by atoms with Crippen LogP contribution in [0.2, 0.25) is 5.02 Å². The molecule has 1 aromatic heterocycles. The summed E-state index contributed by atoms with van der Waals surface area (Å²) in [7, 11) is 0. The fourth-order valence-electron chi connectivity index (χ4n) is 2.33. The molecule has 1 heterocycles. The van der Waals surface area contributed by atoms with Crippen molar-refractivity contribution in [2.45, 2.75) is 13.1 Å². The third-order valence-corrected chi connectivity index (χ3v) is 3.71. The summed E-state index contributed by atoms with van der Waals surface area (Å²) in [5.41, 5.74) is 2.37. The monoisotopic (exact) mass is 282 g/mol. The summed E-state index contributed by atoms with van der Waals surface area (Å²) in [6.07, 6.45) is 3.44. The highest BCUT2D eigenvalue weighted by atomic mass is 35.5. The number of halogens is 1. The summed E-state index contributed by atoms with van der Waals surface area (Å²) < 4.78 is 0. The minimum Gasteiger partial charge on any atom is -0.309 e. The highest BCUT2D eigenvalue weighted by Gasteiger charge is 2.02. The molecule has 0 bridgehead atoms. The van der Waals surface area contributed by atoms with Gasteiger partial charge in [-0.05, 0) is 28.0 Å². The van der Waals surface area contributed by atoms with Crippen LogP contribution in [0, 0.1) is 0 Å². The van der Waals surface area contributed by atoms with Gasteiger partial charge in [0.1, 0.15) is 0 Å². The molecule has 1 N–H and O–H groups in total. The lowest BCUT2D eigenvalue weighted by atomic mass is 10.0. The Hall–Kier alpha value is -1.90. The third kappa shape index (κ3) is 2.82. The summed E-state index contributed by atoms with van der Waals surface area (Å²) >= 11 is 6.10. The first kappa shape index (κ1) is 13.1. The molecular formula is C17H15ClN2. The van der Waals surface area contributed by atoms with Crippen LogP contribution < -0.4 is 5.32 Å². The summed E-state index contributed by atoms with van der Waals surface area (Å²) in [6, 6.07) is 16.8. The van der Waals surface area contributed by atoms with Crippen LogP contribution in [-0.4, -0.2) is 4.98 Å². The molecule has 2 aromatic carbocycles. The average molecular weight is 283 g/mol. The minimum absolute atomic E-state index is 0.706. The van der Waals surface area contributed by atoms with Crippen molar-refractivity contribution in [1.82, 2.24) is 10.3 Å². The zero-order chi connectivity index (χ0) is 13.8. The Morgan fingerprint density at radius 3 is 2.60 bits per heavy atom. The van der Waals surface area contributed by atoms with Gasteiger partial charge in [-0.1, -0.05) is 54.1 Å². The Kier molecular flexibility index (Phi) is 3.95. The predicted octanol–water partition coefficient (Wildman–Crippen LogP) is 4.18. The van der Waals surface area contributed by atoms with E-state index in [0.29, 0.717) is 5.02 Å². The van der Waals surface area contributed by atoms with Crippen LogP contribution in [0.1, 0.15) is 11.1 Å². The molecule has 20 heavy (non-hydrogen) atoms. The first-order chi connectivity index (χ1) is 9.84. The van der Waals surface area contributed by atoms with Crippen molar-refractivity contribution in [2.24, 2.45) is 0 Å². The maximum Gasteiger partial charge on any atom is 0.0634 e. The van der Waals surface area contributed by atoms with Gasteiger partial charge in [0.05, 0.1) is 5.02 Å². The van der Waals surface area contributed by atoms with E-state index in [-0.39, 0.29) is 0 Å². The molecule has 3 heteroatoms. The van der Waals surface area contributed by atoms with Gasteiger partial charge < -0.3 is 5.32 Å². The molecule has 0 aliphatic carbocycles. The van der Waals surface area contributed by atoms with Crippen molar-refractivity contribution in [3.63, 3.8) is 0 Å². The molecule has 0 aliphatic heterocycles. The van der Waals surface area contributed by atoms with Crippen LogP contribution >= 0.6 is 11.6 Å². The van der Waals surface area contributed by atoms with Gasteiger partial charge in [0.15, 0.2) is 0 Å². The summed E-state index contributed by atoms with van der Waals surface area (Å²) in [5.74, 6) is 0. The molecule has 0 saturated heterocycles. The lowest BCUT2D eigenvalue weighted by molar-refractivity contribution is 0.696. The van der Waals surface area contributed by atoms with Gasteiger partial charge in [-0.15, -0.1) is 0 Å². The quantitative estimate of drug-likeness (QED) is 0.776. The van der Waals surface area contributed by atoms with Gasteiger partial charge in [-0.3, -0.25) is 4.98 Å². The van der Waals surface area contributed by atoms with E-state index in [9.17, 15) is 0 Å². The van der Waals surface area contributed by atoms with Gasteiger partial charge >= 0.3 is 0 Å². The van der Waals surface area contributed by atoms with Gasteiger partial charge in [-0.25, -0.2) is 0 Å². The fraction of sp³-hybridized carbons (Fsp3) is 0.118. The number of hydrogen-bond acceptors (Lipinski definition) is 2. The van der Waals surface area contributed by atoms with Gasteiger partial charge in [-0.2, -0.15) is 0 Å². The molecule has 0 atom stereocenters. The fourth-order valence-corrected chi connectivity index (χ4v) is 2.51. The van der Waals surface area contributed by atoms with Crippen LogP contribution in [0.5, 0.6) is 0 Å². The van der Waals surface area contributed by atoms with E-state index in [2.05, 4.69) is 52.8 Å². The molecule has 0 spiro atoms. The smallest absolute Gasteiger partial charge is 0.0634 e. The molecule has 0 amide bonds. The van der Waals surface area contributed by atoms with E-state index in [4.69, 9.17) is 11.6 Å². The highest BCUT2D eigenvalue weighted by molar-refractivity contribution is 6.31. The number of hydrogen-bond donors (Lipinski definition) is 1. The second kappa shape index (κ2) is 6.04. The van der Waals surface area contributed by atoms with Gasteiger partial charge in [0.2, 0.25) is 0 Å². The minimum atomic E-state index is 0.706. The molecule has 100 valence electrons. The highest BCUT2D eigenvalue weighted by Crippen LogP contribution is 2.19. The molecular weight excluding hydrogens is 268 g/mol. The van der Waals surface area contributed by atoms with Crippen molar-refractivity contribution in [3.05, 3.63) is 77.1 Å². The van der Waals surface area contributed by atoms with Crippen molar-refractivity contribution in [1.29, 1.82) is 0 Å². The molecule has 0 fully saturated rings. The van der Waals surface area contributed by atoms with Crippen molar-refractivity contribution in [3.8, 4) is 0 Å². The Morgan fingerprint density at radius 1 is 0.900 bits per heavy atom. The topological polar surface area (TPSA) is 24.9 Å². The molecule has 2 nitrogen and oxygen atoms in total. The zero-order valence-corrected chi connectivity index (χ0v) is 11.8. The largest absolute Gasteiger partial charge is 0.309 e. The SMILES string of the molecule is Clc1cnccc1CNCc1cccc2ccccc12. The first-order valence-corrected chi connectivity index (χ1v) is 6.98. The number of pyridine rings is 1. The second-order valence-electron chi connectivity index (χ2n) is 4.71. The number of aromatic nitrogens is 1. The number of nitrogens with zero attached hydrogens (tertiary/aromatic N) is 1. The second-order valence-corrected chi connectivity index (χ2v) is 5.12. The Balaban J connectivity index is 1.73. The van der Waals surface area contributed by atoms with Crippen molar-refractivity contribution < 1.29 is 0 Å². The normalized spacial score (nSPS) is 10.8. The van der Waals surface area contributed by atoms with Gasteiger partial charge in [0, 0.05) is 25.5 Å². The van der Waals surface area contributed by atoms with E-state index in [1.54, 1.807) is 12.4 Å². The average Bonchev–Trinajstić information content (AvgIpc) is 2.49. The first-order valence-electron chi connectivity index (χ1n) is 6.60. The standard InChI is InChI=1S/C17H15ClN2/c18-17-12-19-9-8-15(17)11-20-10-14-6-3-5-13-4-1-2-7-16(13)14/h1-9,12,20H,10-11H2. The van der Waals surface area contributed by atoms with Crippen molar-refractivity contribution >= 4 is 22.4 Å². The van der Waals surface area contributed by atoms with E-state index in [1.807, 2.05) is 6.07 Å². The summed E-state index contributed by atoms with van der Waals surface area (Å²) in [5, 5.41) is 6.71. The number of rotatable bonds is 4. The van der Waals surface area contributed by atoms with E-state index >= 15 is 0 Å². The van der Waals surface area contributed by atoms with Gasteiger partial charge in [0.25, 0.3) is 0 Å². The predicted molar refractivity (Wildman–Crippen MR) is 83.7 cm³/mol. The maximum atomic E-state index is 6.10. The lowest BCUT2D eigenvalue weighted by Gasteiger charge is -2.09. The number of nitrogens with one attached hydrogen (secondary N) is 1. The van der Waals surface area contributed by atoms with Crippen molar-refractivity contribution in [2.75, 3.05) is 0 Å². The maximum absolute atomic E-state index is 6.10. The number of fused-ring (bicyclic) bond motifs is 1. The molecule has 0 aliphatic rings. The van der Waals surface area contributed by atoms with Crippen LogP contribution in [0.15, 0.2) is 60.9 Å². The van der Waals surface area contributed by atoms with Crippen LogP contribution in [0.3, 0.4) is 0 Å². The summed E-state index contributed by atoms with van der Waals surface area (Å²) in [6.45, 7) is 1.56. The Bertz CT molecular complexity index is 720.